The van der Waals surface area contributed by atoms with Crippen molar-refractivity contribution < 1.29 is 34.2 Å². The highest BCUT2D eigenvalue weighted by atomic mass is 16.4. The minimum atomic E-state index is -1.41. The molecule has 37 heavy (non-hydrogen) atoms. The van der Waals surface area contributed by atoms with Crippen molar-refractivity contribution in [2.75, 3.05) is 13.1 Å². The molecule has 0 bridgehead atoms. The third-order valence-corrected chi connectivity index (χ3v) is 6.15. The van der Waals surface area contributed by atoms with Gasteiger partial charge in [0.05, 0.1) is 12.5 Å². The molecule has 1 saturated heterocycles. The summed E-state index contributed by atoms with van der Waals surface area (Å²) in [6, 6.07) is 1.76. The van der Waals surface area contributed by atoms with Crippen molar-refractivity contribution in [1.82, 2.24) is 15.5 Å². The molecule has 1 heterocycles. The number of carboxylic acids is 1. The lowest BCUT2D eigenvalue weighted by Gasteiger charge is -2.28. The third kappa shape index (κ3) is 9.03. The van der Waals surface area contributed by atoms with Gasteiger partial charge in [0, 0.05) is 6.54 Å². The molecule has 0 saturated carbocycles. The maximum Gasteiger partial charge on any atom is 0.326 e. The molecule has 1 aliphatic rings. The molecule has 13 nitrogen and oxygen atoms in total. The summed E-state index contributed by atoms with van der Waals surface area (Å²) < 4.78 is 0. The smallest absolute Gasteiger partial charge is 0.326 e. The number of aliphatic carboxylic acids is 1. The average Bonchev–Trinajstić information content (AvgIpc) is 3.33. The molecular formula is C24H36N6O7. The van der Waals surface area contributed by atoms with E-state index in [2.05, 4.69) is 10.6 Å². The lowest BCUT2D eigenvalue weighted by atomic mass is 10.0. The van der Waals surface area contributed by atoms with Gasteiger partial charge < -0.3 is 42.9 Å². The molecule has 0 radical (unpaired) electrons. The number of nitrogens with zero attached hydrogens (tertiary/aromatic N) is 1. The first kappa shape index (κ1) is 29.5. The van der Waals surface area contributed by atoms with E-state index >= 15 is 0 Å². The average molecular weight is 521 g/mol. The van der Waals surface area contributed by atoms with E-state index in [1.54, 1.807) is 12.1 Å². The molecule has 204 valence electrons. The van der Waals surface area contributed by atoms with E-state index in [4.69, 9.17) is 17.2 Å². The molecular weight excluding hydrogens is 484 g/mol. The molecule has 0 aromatic heterocycles. The molecule has 10 N–H and O–H groups in total. The van der Waals surface area contributed by atoms with Gasteiger partial charge in [-0.1, -0.05) is 12.1 Å². The minimum absolute atomic E-state index is 0.0831. The summed E-state index contributed by atoms with van der Waals surface area (Å²) in [6.07, 6.45) is 1.66. The number of primary amides is 1. The number of rotatable bonds is 14. The number of hydrogen-bond donors (Lipinski definition) is 7. The van der Waals surface area contributed by atoms with Crippen LogP contribution in [0.25, 0.3) is 0 Å². The second kappa shape index (κ2) is 14.1. The van der Waals surface area contributed by atoms with Crippen molar-refractivity contribution in [3.8, 4) is 5.75 Å². The van der Waals surface area contributed by atoms with Gasteiger partial charge >= 0.3 is 5.97 Å². The first-order chi connectivity index (χ1) is 17.5. The number of carbonyl (C=O) groups excluding carboxylic acids is 4. The molecule has 1 aromatic rings. The molecule has 13 heteroatoms. The van der Waals surface area contributed by atoms with Crippen LogP contribution in [0.15, 0.2) is 24.3 Å². The number of nitrogens with two attached hydrogens (primary N) is 3. The Hall–Kier alpha value is -3.71. The van der Waals surface area contributed by atoms with Crippen LogP contribution in [0.4, 0.5) is 0 Å². The molecule has 4 amide bonds. The quantitative estimate of drug-likeness (QED) is 0.138. The van der Waals surface area contributed by atoms with Crippen LogP contribution >= 0.6 is 0 Å². The fourth-order valence-corrected chi connectivity index (χ4v) is 4.19. The number of aromatic hydroxyl groups is 1. The van der Waals surface area contributed by atoms with Crippen molar-refractivity contribution in [3.05, 3.63) is 29.8 Å². The number of amides is 4. The largest absolute Gasteiger partial charge is 0.508 e. The maximum atomic E-state index is 13.1. The Balaban J connectivity index is 2.06. The zero-order valence-electron chi connectivity index (χ0n) is 20.6. The SMILES string of the molecule is NCCCCC(NC(=O)C(CC(N)=O)NC(=O)C1CCCN1C(=O)C(N)Cc1ccc(O)cc1)C(=O)O. The summed E-state index contributed by atoms with van der Waals surface area (Å²) in [5.41, 5.74) is 17.5. The Kier molecular flexibility index (Phi) is 11.3. The van der Waals surface area contributed by atoms with Crippen LogP contribution in [0.1, 0.15) is 44.1 Å². The van der Waals surface area contributed by atoms with Crippen molar-refractivity contribution >= 4 is 29.6 Å². The van der Waals surface area contributed by atoms with E-state index < -0.39 is 60.2 Å². The zero-order valence-corrected chi connectivity index (χ0v) is 20.6. The summed E-state index contributed by atoms with van der Waals surface area (Å²) in [5, 5.41) is 23.6. The van der Waals surface area contributed by atoms with Crippen LogP contribution in [0.3, 0.4) is 0 Å². The first-order valence-electron chi connectivity index (χ1n) is 12.2. The Morgan fingerprint density at radius 3 is 2.32 bits per heavy atom. The van der Waals surface area contributed by atoms with Crippen LogP contribution < -0.4 is 27.8 Å². The lowest BCUT2D eigenvalue weighted by molar-refractivity contribution is -0.143. The van der Waals surface area contributed by atoms with Gasteiger partial charge in [0.2, 0.25) is 23.6 Å². The molecule has 4 atom stereocenters. The van der Waals surface area contributed by atoms with Crippen LogP contribution in [0.5, 0.6) is 5.75 Å². The van der Waals surface area contributed by atoms with Gasteiger partial charge in [0.1, 0.15) is 23.9 Å². The molecule has 1 aliphatic heterocycles. The van der Waals surface area contributed by atoms with E-state index in [0.29, 0.717) is 32.2 Å². The number of phenols is 1. The third-order valence-electron chi connectivity index (χ3n) is 6.15. The van der Waals surface area contributed by atoms with Gasteiger partial charge in [-0.05, 0) is 62.8 Å². The summed E-state index contributed by atoms with van der Waals surface area (Å²) in [5.74, 6) is -4.03. The Morgan fingerprint density at radius 2 is 1.73 bits per heavy atom. The number of unbranched alkanes of at least 4 members (excludes halogenated alkanes) is 1. The highest BCUT2D eigenvalue weighted by Crippen LogP contribution is 2.20. The van der Waals surface area contributed by atoms with Crippen molar-refractivity contribution in [1.29, 1.82) is 0 Å². The predicted molar refractivity (Wildman–Crippen MR) is 133 cm³/mol. The monoisotopic (exact) mass is 520 g/mol. The number of nitrogens with one attached hydrogen (secondary N) is 2. The van der Waals surface area contributed by atoms with Gasteiger partial charge in [-0.25, -0.2) is 4.79 Å². The second-order valence-corrected chi connectivity index (χ2v) is 9.08. The number of phenolic OH excluding ortho intramolecular Hbond substituents is 1. The normalized spacial score (nSPS) is 17.5. The lowest BCUT2D eigenvalue weighted by Crippen LogP contribution is -2.57. The van der Waals surface area contributed by atoms with Gasteiger partial charge in [0.15, 0.2) is 0 Å². The van der Waals surface area contributed by atoms with E-state index in [1.807, 2.05) is 0 Å². The molecule has 2 rings (SSSR count). The van der Waals surface area contributed by atoms with E-state index in [9.17, 15) is 34.2 Å². The fourth-order valence-electron chi connectivity index (χ4n) is 4.19. The van der Waals surface area contributed by atoms with Crippen LogP contribution in [-0.4, -0.2) is 82.0 Å². The number of likely N-dealkylation sites (tertiary alicyclic amines) is 1. The minimum Gasteiger partial charge on any atom is -0.508 e. The summed E-state index contributed by atoms with van der Waals surface area (Å²) in [7, 11) is 0. The highest BCUT2D eigenvalue weighted by molar-refractivity contribution is 5.96. The van der Waals surface area contributed by atoms with E-state index in [0.717, 1.165) is 5.56 Å². The van der Waals surface area contributed by atoms with Crippen LogP contribution in [0.2, 0.25) is 0 Å². The Morgan fingerprint density at radius 1 is 1.05 bits per heavy atom. The molecule has 1 aromatic carbocycles. The van der Waals surface area contributed by atoms with Crippen molar-refractivity contribution in [2.24, 2.45) is 17.2 Å². The molecule has 0 spiro atoms. The van der Waals surface area contributed by atoms with Crippen molar-refractivity contribution in [2.45, 2.75) is 69.1 Å². The van der Waals surface area contributed by atoms with Gasteiger partial charge in [-0.15, -0.1) is 0 Å². The topological polar surface area (TPSA) is 231 Å². The summed E-state index contributed by atoms with van der Waals surface area (Å²) in [4.78, 5) is 63.3. The number of carbonyl (C=O) groups is 5. The fraction of sp³-hybridized carbons (Fsp3) is 0.542. The van der Waals surface area contributed by atoms with E-state index in [-0.39, 0.29) is 25.1 Å². The van der Waals surface area contributed by atoms with Crippen molar-refractivity contribution in [3.63, 3.8) is 0 Å². The zero-order chi connectivity index (χ0) is 27.5. The first-order valence-corrected chi connectivity index (χ1v) is 12.2. The number of carboxylic acid groups (broad SMARTS) is 1. The predicted octanol–water partition coefficient (Wildman–Crippen LogP) is -1.69. The standard InChI is InChI=1S/C24H36N6O7/c25-10-2-1-4-17(24(36)37)28-21(33)18(13-20(27)32)29-22(34)19-5-3-11-30(19)23(35)16(26)12-14-6-8-15(31)9-7-14/h6-9,16-19,31H,1-5,10-13,25-26H2,(H2,27,32)(H,28,33)(H,29,34)(H,36,37). The van der Waals surface area contributed by atoms with Gasteiger partial charge in [0.25, 0.3) is 0 Å². The van der Waals surface area contributed by atoms with Gasteiger partial charge in [-0.2, -0.15) is 0 Å². The molecule has 1 fully saturated rings. The maximum absolute atomic E-state index is 13.1. The van der Waals surface area contributed by atoms with Gasteiger partial charge in [-0.3, -0.25) is 19.2 Å². The molecule has 4 unspecified atom stereocenters. The summed E-state index contributed by atoms with van der Waals surface area (Å²) in [6.45, 7) is 0.658. The van der Waals surface area contributed by atoms with Crippen LogP contribution in [-0.2, 0) is 30.4 Å². The highest BCUT2D eigenvalue weighted by Gasteiger charge is 2.38. The number of hydrogen-bond acceptors (Lipinski definition) is 8. The number of benzene rings is 1. The molecule has 0 aliphatic carbocycles. The van der Waals surface area contributed by atoms with Crippen LogP contribution in [0, 0.1) is 0 Å². The van der Waals surface area contributed by atoms with E-state index in [1.165, 1.54) is 17.0 Å². The Bertz CT molecular complexity index is 971. The summed E-state index contributed by atoms with van der Waals surface area (Å²) >= 11 is 0. The second-order valence-electron chi connectivity index (χ2n) is 9.08. The Labute approximate surface area is 214 Å².